The highest BCUT2D eigenvalue weighted by atomic mass is 16.5. The Labute approximate surface area is 109 Å². The monoisotopic (exact) mass is 249 g/mol. The molecule has 0 spiro atoms. The molecule has 0 radical (unpaired) electrons. The summed E-state index contributed by atoms with van der Waals surface area (Å²) in [7, 11) is 0. The molecule has 1 heterocycles. The molecular formula is C15H23NO2. The van der Waals surface area contributed by atoms with Gasteiger partial charge in [-0.2, -0.15) is 0 Å². The summed E-state index contributed by atoms with van der Waals surface area (Å²) in [5, 5.41) is 3.43. The van der Waals surface area contributed by atoms with Crippen LogP contribution in [0.1, 0.15) is 39.4 Å². The van der Waals surface area contributed by atoms with Gasteiger partial charge < -0.3 is 14.8 Å². The molecule has 2 unspecified atom stereocenters. The van der Waals surface area contributed by atoms with Crippen LogP contribution in [0, 0.1) is 0 Å². The van der Waals surface area contributed by atoms with Crippen LogP contribution in [0.25, 0.3) is 0 Å². The van der Waals surface area contributed by atoms with Crippen molar-refractivity contribution in [2.24, 2.45) is 0 Å². The summed E-state index contributed by atoms with van der Waals surface area (Å²) in [5.74, 6) is 0.905. The van der Waals surface area contributed by atoms with Crippen molar-refractivity contribution in [3.63, 3.8) is 0 Å². The average molecular weight is 249 g/mol. The largest absolute Gasteiger partial charge is 0.488 e. The van der Waals surface area contributed by atoms with E-state index in [1.807, 2.05) is 12.1 Å². The van der Waals surface area contributed by atoms with Crippen LogP contribution in [-0.4, -0.2) is 24.8 Å². The van der Waals surface area contributed by atoms with Gasteiger partial charge in [-0.25, -0.2) is 0 Å². The van der Waals surface area contributed by atoms with Gasteiger partial charge in [0.15, 0.2) is 0 Å². The fourth-order valence-electron chi connectivity index (χ4n) is 2.19. The molecule has 1 saturated heterocycles. The quantitative estimate of drug-likeness (QED) is 0.874. The third-order valence-electron chi connectivity index (χ3n) is 2.95. The SMILES string of the molecule is CC1NCCOC1c1ccc(OC(C)(C)C)cc1. The third-order valence-corrected chi connectivity index (χ3v) is 2.95. The average Bonchev–Trinajstić information content (AvgIpc) is 2.29. The normalized spacial score (nSPS) is 24.9. The third kappa shape index (κ3) is 3.47. The number of nitrogens with one attached hydrogen (secondary N) is 1. The molecule has 3 heteroatoms. The van der Waals surface area contributed by atoms with E-state index < -0.39 is 0 Å². The first-order valence-electron chi connectivity index (χ1n) is 6.60. The van der Waals surface area contributed by atoms with Crippen LogP contribution in [-0.2, 0) is 4.74 Å². The molecule has 18 heavy (non-hydrogen) atoms. The summed E-state index contributed by atoms with van der Waals surface area (Å²) in [5.41, 5.74) is 1.05. The summed E-state index contributed by atoms with van der Waals surface area (Å²) >= 11 is 0. The Morgan fingerprint density at radius 2 is 1.89 bits per heavy atom. The molecule has 2 atom stereocenters. The van der Waals surface area contributed by atoms with Gasteiger partial charge in [0, 0.05) is 12.6 Å². The number of hydrogen-bond donors (Lipinski definition) is 1. The zero-order chi connectivity index (χ0) is 13.2. The van der Waals surface area contributed by atoms with Gasteiger partial charge in [0.25, 0.3) is 0 Å². The maximum atomic E-state index is 5.81. The fraction of sp³-hybridized carbons (Fsp3) is 0.600. The molecule has 3 nitrogen and oxygen atoms in total. The van der Waals surface area contributed by atoms with Crippen molar-refractivity contribution in [2.75, 3.05) is 13.2 Å². The lowest BCUT2D eigenvalue weighted by atomic mass is 10.0. The Morgan fingerprint density at radius 3 is 2.44 bits per heavy atom. The Morgan fingerprint density at radius 1 is 1.22 bits per heavy atom. The lowest BCUT2D eigenvalue weighted by Gasteiger charge is -2.30. The van der Waals surface area contributed by atoms with Crippen LogP contribution in [0.5, 0.6) is 5.75 Å². The van der Waals surface area contributed by atoms with Crippen molar-refractivity contribution in [1.82, 2.24) is 5.32 Å². The van der Waals surface area contributed by atoms with E-state index in [1.54, 1.807) is 0 Å². The highest BCUT2D eigenvalue weighted by molar-refractivity contribution is 5.29. The van der Waals surface area contributed by atoms with Crippen molar-refractivity contribution >= 4 is 0 Å². The maximum Gasteiger partial charge on any atom is 0.120 e. The minimum absolute atomic E-state index is 0.141. The first-order valence-corrected chi connectivity index (χ1v) is 6.60. The van der Waals surface area contributed by atoms with E-state index >= 15 is 0 Å². The second-order valence-corrected chi connectivity index (χ2v) is 5.82. The predicted octanol–water partition coefficient (Wildman–Crippen LogP) is 2.91. The number of benzene rings is 1. The first-order chi connectivity index (χ1) is 8.46. The number of hydrogen-bond acceptors (Lipinski definition) is 3. The summed E-state index contributed by atoms with van der Waals surface area (Å²) in [4.78, 5) is 0. The zero-order valence-electron chi connectivity index (χ0n) is 11.7. The second kappa shape index (κ2) is 5.29. The molecule has 2 rings (SSSR count). The summed E-state index contributed by atoms with van der Waals surface area (Å²) in [6.07, 6.45) is 0.141. The van der Waals surface area contributed by atoms with Gasteiger partial charge >= 0.3 is 0 Å². The lowest BCUT2D eigenvalue weighted by Crippen LogP contribution is -2.41. The lowest BCUT2D eigenvalue weighted by molar-refractivity contribution is -0.000279. The molecule has 0 saturated carbocycles. The zero-order valence-corrected chi connectivity index (χ0v) is 11.7. The number of morpholine rings is 1. The molecule has 1 aliphatic rings. The highest BCUT2D eigenvalue weighted by Crippen LogP contribution is 2.26. The van der Waals surface area contributed by atoms with E-state index in [-0.39, 0.29) is 11.7 Å². The van der Waals surface area contributed by atoms with Gasteiger partial charge in [-0.15, -0.1) is 0 Å². The van der Waals surface area contributed by atoms with Crippen molar-refractivity contribution < 1.29 is 9.47 Å². The van der Waals surface area contributed by atoms with Crippen LogP contribution in [0.2, 0.25) is 0 Å². The molecule has 0 amide bonds. The molecule has 1 N–H and O–H groups in total. The number of rotatable bonds is 2. The van der Waals surface area contributed by atoms with Gasteiger partial charge in [0.2, 0.25) is 0 Å². The van der Waals surface area contributed by atoms with Gasteiger partial charge in [-0.1, -0.05) is 12.1 Å². The molecule has 0 aliphatic carbocycles. The summed E-state index contributed by atoms with van der Waals surface area (Å²) < 4.78 is 11.6. The van der Waals surface area contributed by atoms with E-state index in [0.717, 1.165) is 18.9 Å². The van der Waals surface area contributed by atoms with Crippen LogP contribution >= 0.6 is 0 Å². The molecule has 1 fully saturated rings. The van der Waals surface area contributed by atoms with Gasteiger partial charge in [0.1, 0.15) is 11.4 Å². The fourth-order valence-corrected chi connectivity index (χ4v) is 2.19. The van der Waals surface area contributed by atoms with E-state index in [1.165, 1.54) is 5.56 Å². The standard InChI is InChI=1S/C15H23NO2/c1-11-14(17-10-9-16-11)12-5-7-13(8-6-12)18-15(2,3)4/h5-8,11,14,16H,9-10H2,1-4H3. The smallest absolute Gasteiger partial charge is 0.120 e. The topological polar surface area (TPSA) is 30.5 Å². The van der Waals surface area contributed by atoms with Crippen LogP contribution in [0.3, 0.4) is 0 Å². The van der Waals surface area contributed by atoms with Crippen molar-refractivity contribution in [3.05, 3.63) is 29.8 Å². The van der Waals surface area contributed by atoms with E-state index in [9.17, 15) is 0 Å². The van der Waals surface area contributed by atoms with E-state index in [4.69, 9.17) is 9.47 Å². The van der Waals surface area contributed by atoms with Crippen molar-refractivity contribution in [3.8, 4) is 5.75 Å². The summed E-state index contributed by atoms with van der Waals surface area (Å²) in [6.45, 7) is 10.0. The Bertz CT molecular complexity index is 380. The highest BCUT2D eigenvalue weighted by Gasteiger charge is 2.23. The molecule has 0 aromatic heterocycles. The van der Waals surface area contributed by atoms with Gasteiger partial charge in [-0.05, 0) is 45.4 Å². The predicted molar refractivity (Wildman–Crippen MR) is 73.0 cm³/mol. The van der Waals surface area contributed by atoms with Crippen LogP contribution < -0.4 is 10.1 Å². The molecular weight excluding hydrogens is 226 g/mol. The van der Waals surface area contributed by atoms with Crippen molar-refractivity contribution in [1.29, 1.82) is 0 Å². The Kier molecular flexibility index (Phi) is 3.93. The molecule has 0 bridgehead atoms. The maximum absolute atomic E-state index is 5.81. The minimum atomic E-state index is -0.155. The van der Waals surface area contributed by atoms with E-state index in [0.29, 0.717) is 6.04 Å². The van der Waals surface area contributed by atoms with Gasteiger partial charge in [0.05, 0.1) is 12.7 Å². The van der Waals surface area contributed by atoms with Crippen LogP contribution in [0.4, 0.5) is 0 Å². The summed E-state index contributed by atoms with van der Waals surface area (Å²) in [6, 6.07) is 8.58. The van der Waals surface area contributed by atoms with Gasteiger partial charge in [-0.3, -0.25) is 0 Å². The first kappa shape index (κ1) is 13.4. The van der Waals surface area contributed by atoms with Crippen molar-refractivity contribution in [2.45, 2.75) is 45.4 Å². The second-order valence-electron chi connectivity index (χ2n) is 5.82. The van der Waals surface area contributed by atoms with Crippen LogP contribution in [0.15, 0.2) is 24.3 Å². The number of ether oxygens (including phenoxy) is 2. The Balaban J connectivity index is 2.07. The Hall–Kier alpha value is -1.06. The minimum Gasteiger partial charge on any atom is -0.488 e. The van der Waals surface area contributed by atoms with E-state index in [2.05, 4.69) is 45.1 Å². The molecule has 100 valence electrons. The molecule has 1 aromatic rings. The molecule has 1 aliphatic heterocycles. The molecule has 1 aromatic carbocycles.